The first-order chi connectivity index (χ1) is 8.25. The summed E-state index contributed by atoms with van der Waals surface area (Å²) >= 11 is 12.0. The summed E-state index contributed by atoms with van der Waals surface area (Å²) in [5.41, 5.74) is 1.37. The average molecular weight is 271 g/mol. The summed E-state index contributed by atoms with van der Waals surface area (Å²) in [6, 6.07) is 3.59. The summed E-state index contributed by atoms with van der Waals surface area (Å²) in [6.45, 7) is 1.99. The number of hydrogen-bond donors (Lipinski definition) is 1. The van der Waals surface area contributed by atoms with Gasteiger partial charge in [-0.1, -0.05) is 23.2 Å². The summed E-state index contributed by atoms with van der Waals surface area (Å²) in [7, 11) is 0. The van der Waals surface area contributed by atoms with Gasteiger partial charge < -0.3 is 9.73 Å². The van der Waals surface area contributed by atoms with Crippen LogP contribution >= 0.6 is 23.2 Å². The van der Waals surface area contributed by atoms with E-state index < -0.39 is 0 Å². The Labute approximate surface area is 109 Å². The largest absolute Gasteiger partial charge is 0.439 e. The molecule has 0 bridgehead atoms. The van der Waals surface area contributed by atoms with Crippen LogP contribution in [0.4, 0.5) is 0 Å². The van der Waals surface area contributed by atoms with E-state index in [9.17, 15) is 0 Å². The van der Waals surface area contributed by atoms with Gasteiger partial charge in [0.2, 0.25) is 0 Å². The number of piperidine rings is 1. The average Bonchev–Trinajstić information content (AvgIpc) is 2.80. The van der Waals surface area contributed by atoms with Crippen molar-refractivity contribution in [2.45, 2.75) is 18.8 Å². The van der Waals surface area contributed by atoms with Gasteiger partial charge in [-0.05, 0) is 31.5 Å². The Kier molecular flexibility index (Phi) is 2.99. The number of rotatable bonds is 1. The molecule has 1 fully saturated rings. The molecule has 0 radical (unpaired) electrons. The topological polar surface area (TPSA) is 38.1 Å². The van der Waals surface area contributed by atoms with Crippen LogP contribution < -0.4 is 5.32 Å². The van der Waals surface area contributed by atoms with Gasteiger partial charge in [-0.25, -0.2) is 4.98 Å². The monoisotopic (exact) mass is 270 g/mol. The molecule has 0 amide bonds. The smallest absolute Gasteiger partial charge is 0.199 e. The van der Waals surface area contributed by atoms with E-state index in [4.69, 9.17) is 27.6 Å². The zero-order chi connectivity index (χ0) is 11.8. The van der Waals surface area contributed by atoms with E-state index in [1.165, 1.54) is 0 Å². The van der Waals surface area contributed by atoms with Gasteiger partial charge in [0.25, 0.3) is 0 Å². The number of fused-ring (bicyclic) bond motifs is 1. The lowest BCUT2D eigenvalue weighted by Gasteiger charge is -2.19. The molecule has 3 nitrogen and oxygen atoms in total. The van der Waals surface area contributed by atoms with Crippen molar-refractivity contribution in [1.29, 1.82) is 0 Å². The van der Waals surface area contributed by atoms with Crippen LogP contribution in [-0.4, -0.2) is 18.1 Å². The first kappa shape index (κ1) is 11.3. The van der Waals surface area contributed by atoms with E-state index in [-0.39, 0.29) is 0 Å². The molecule has 1 saturated heterocycles. The van der Waals surface area contributed by atoms with Crippen molar-refractivity contribution in [2.24, 2.45) is 0 Å². The quantitative estimate of drug-likeness (QED) is 0.861. The molecular formula is C12H12Cl2N2O. The number of benzene rings is 1. The van der Waals surface area contributed by atoms with Gasteiger partial charge >= 0.3 is 0 Å². The second-order valence-electron chi connectivity index (χ2n) is 4.30. The van der Waals surface area contributed by atoms with Crippen molar-refractivity contribution in [3.8, 4) is 0 Å². The minimum absolute atomic E-state index is 0.339. The fourth-order valence-corrected chi connectivity index (χ4v) is 2.54. The van der Waals surface area contributed by atoms with Crippen LogP contribution in [0.15, 0.2) is 16.5 Å². The summed E-state index contributed by atoms with van der Waals surface area (Å²) in [5.74, 6) is 1.10. The Balaban J connectivity index is 2.04. The summed E-state index contributed by atoms with van der Waals surface area (Å²) in [5, 5.41) is 4.30. The predicted molar refractivity (Wildman–Crippen MR) is 68.9 cm³/mol. The molecule has 1 aromatic heterocycles. The first-order valence-corrected chi connectivity index (χ1v) is 6.46. The second-order valence-corrected chi connectivity index (χ2v) is 5.09. The first-order valence-electron chi connectivity index (χ1n) is 5.71. The molecule has 1 unspecified atom stereocenters. The molecular weight excluding hydrogens is 259 g/mol. The van der Waals surface area contributed by atoms with Gasteiger partial charge in [-0.15, -0.1) is 0 Å². The molecule has 1 aliphatic heterocycles. The van der Waals surface area contributed by atoms with Crippen molar-refractivity contribution >= 4 is 34.3 Å². The zero-order valence-electron chi connectivity index (χ0n) is 9.17. The van der Waals surface area contributed by atoms with Gasteiger partial charge in [0, 0.05) is 12.5 Å². The van der Waals surface area contributed by atoms with E-state index in [0.29, 0.717) is 21.5 Å². The minimum atomic E-state index is 0.339. The lowest BCUT2D eigenvalue weighted by molar-refractivity contribution is 0.387. The third kappa shape index (κ3) is 2.03. The molecule has 0 aliphatic carbocycles. The molecule has 0 spiro atoms. The third-order valence-electron chi connectivity index (χ3n) is 3.11. The Morgan fingerprint density at radius 1 is 1.35 bits per heavy atom. The maximum absolute atomic E-state index is 6.10. The molecule has 2 heterocycles. The third-order valence-corrected chi connectivity index (χ3v) is 3.90. The second kappa shape index (κ2) is 4.48. The van der Waals surface area contributed by atoms with Crippen LogP contribution in [0.5, 0.6) is 0 Å². The van der Waals surface area contributed by atoms with Crippen molar-refractivity contribution in [1.82, 2.24) is 10.3 Å². The van der Waals surface area contributed by atoms with Crippen LogP contribution in [0.25, 0.3) is 11.1 Å². The predicted octanol–water partition coefficient (Wildman–Crippen LogP) is 3.60. The fraction of sp³-hybridized carbons (Fsp3) is 0.417. The summed E-state index contributed by atoms with van der Waals surface area (Å²) in [6.07, 6.45) is 2.25. The maximum atomic E-state index is 6.10. The van der Waals surface area contributed by atoms with Crippen LogP contribution in [-0.2, 0) is 0 Å². The van der Waals surface area contributed by atoms with Crippen molar-refractivity contribution < 1.29 is 4.42 Å². The van der Waals surface area contributed by atoms with Crippen LogP contribution in [0, 0.1) is 0 Å². The van der Waals surface area contributed by atoms with Crippen molar-refractivity contribution in [2.75, 3.05) is 13.1 Å². The van der Waals surface area contributed by atoms with Crippen molar-refractivity contribution in [3.05, 3.63) is 28.1 Å². The lowest BCUT2D eigenvalue weighted by atomic mass is 10.00. The van der Waals surface area contributed by atoms with Gasteiger partial charge in [-0.2, -0.15) is 0 Å². The van der Waals surface area contributed by atoms with Gasteiger partial charge in [-0.3, -0.25) is 0 Å². The Bertz CT molecular complexity index is 547. The Morgan fingerprint density at radius 2 is 2.24 bits per heavy atom. The molecule has 1 atom stereocenters. The Hall–Kier alpha value is -0.770. The highest BCUT2D eigenvalue weighted by Crippen LogP contribution is 2.33. The number of aromatic nitrogens is 1. The minimum Gasteiger partial charge on any atom is -0.439 e. The molecule has 1 aliphatic rings. The van der Waals surface area contributed by atoms with E-state index in [0.717, 1.165) is 37.3 Å². The number of nitrogens with zero attached hydrogens (tertiary/aromatic N) is 1. The molecule has 1 aromatic carbocycles. The normalized spacial score (nSPS) is 20.9. The van der Waals surface area contributed by atoms with E-state index >= 15 is 0 Å². The van der Waals surface area contributed by atoms with Crippen LogP contribution in [0.1, 0.15) is 24.7 Å². The molecule has 17 heavy (non-hydrogen) atoms. The number of oxazole rings is 1. The molecule has 90 valence electrons. The SMILES string of the molecule is Clc1ccc2nc(C3CCCNC3)oc2c1Cl. The lowest BCUT2D eigenvalue weighted by Crippen LogP contribution is -2.28. The van der Waals surface area contributed by atoms with Gasteiger partial charge in [0.1, 0.15) is 10.5 Å². The fourth-order valence-electron chi connectivity index (χ4n) is 2.19. The van der Waals surface area contributed by atoms with E-state index in [1.54, 1.807) is 6.07 Å². The highest BCUT2D eigenvalue weighted by Gasteiger charge is 2.21. The van der Waals surface area contributed by atoms with Crippen molar-refractivity contribution in [3.63, 3.8) is 0 Å². The summed E-state index contributed by atoms with van der Waals surface area (Å²) < 4.78 is 5.75. The van der Waals surface area contributed by atoms with Crippen LogP contribution in [0.3, 0.4) is 0 Å². The molecule has 5 heteroatoms. The number of halogens is 2. The molecule has 1 N–H and O–H groups in total. The van der Waals surface area contributed by atoms with Gasteiger partial charge in [0.15, 0.2) is 11.5 Å². The number of hydrogen-bond acceptors (Lipinski definition) is 3. The zero-order valence-corrected chi connectivity index (χ0v) is 10.7. The van der Waals surface area contributed by atoms with E-state index in [2.05, 4.69) is 10.3 Å². The molecule has 2 aromatic rings. The molecule has 3 rings (SSSR count). The highest BCUT2D eigenvalue weighted by atomic mass is 35.5. The highest BCUT2D eigenvalue weighted by molar-refractivity contribution is 6.44. The number of nitrogens with one attached hydrogen (secondary N) is 1. The van der Waals surface area contributed by atoms with Crippen LogP contribution in [0.2, 0.25) is 10.0 Å². The van der Waals surface area contributed by atoms with Gasteiger partial charge in [0.05, 0.1) is 5.02 Å². The maximum Gasteiger partial charge on any atom is 0.199 e. The summed E-state index contributed by atoms with van der Waals surface area (Å²) in [4.78, 5) is 4.49. The standard InChI is InChI=1S/C12H12Cl2N2O/c13-8-3-4-9-11(10(8)14)17-12(16-9)7-2-1-5-15-6-7/h3-4,7,15H,1-2,5-6H2. The molecule has 0 saturated carbocycles. The van der Waals surface area contributed by atoms with E-state index in [1.807, 2.05) is 6.07 Å². The Morgan fingerprint density at radius 3 is 3.00 bits per heavy atom.